The maximum absolute atomic E-state index is 9.13. The molecule has 2 aromatic rings. The molecule has 1 aliphatic heterocycles. The molecule has 0 saturated carbocycles. The van der Waals surface area contributed by atoms with Crippen molar-refractivity contribution < 1.29 is 14.6 Å². The fraction of sp³-hybridized carbons (Fsp3) is 0.364. The lowest BCUT2D eigenvalue weighted by molar-refractivity contribution is -0.0979. The smallest absolute Gasteiger partial charge is 0.183 e. The zero-order valence-electron chi connectivity index (χ0n) is 9.85. The molecule has 0 unspecified atom stereocenters. The predicted octanol–water partition coefficient (Wildman–Crippen LogP) is -0.251. The molecule has 3 N–H and O–H groups in total. The Morgan fingerprint density at radius 2 is 2.42 bits per heavy atom. The van der Waals surface area contributed by atoms with Gasteiger partial charge >= 0.3 is 0 Å². The van der Waals surface area contributed by atoms with Gasteiger partial charge in [0.25, 0.3) is 0 Å². The highest BCUT2D eigenvalue weighted by atomic mass is 16.7. The Morgan fingerprint density at radius 3 is 3.11 bits per heavy atom. The summed E-state index contributed by atoms with van der Waals surface area (Å²) in [5.74, 6) is 0.248. The van der Waals surface area contributed by atoms with Gasteiger partial charge in [-0.25, -0.2) is 9.97 Å². The first-order valence-corrected chi connectivity index (χ1v) is 5.63. The molecule has 0 bridgehead atoms. The number of aliphatic hydroxyl groups is 1. The summed E-state index contributed by atoms with van der Waals surface area (Å²) in [5.41, 5.74) is 6.66. The van der Waals surface area contributed by atoms with Gasteiger partial charge in [0.1, 0.15) is 23.9 Å². The van der Waals surface area contributed by atoms with Crippen LogP contribution in [0.5, 0.6) is 0 Å². The van der Waals surface area contributed by atoms with Gasteiger partial charge in [0.2, 0.25) is 0 Å². The fourth-order valence-electron chi connectivity index (χ4n) is 2.10. The van der Waals surface area contributed by atoms with Gasteiger partial charge in [-0.05, 0) is 0 Å². The maximum Gasteiger partial charge on any atom is 0.183 e. The lowest BCUT2D eigenvalue weighted by atomic mass is 10.2. The molecule has 8 heteroatoms. The molecule has 0 radical (unpaired) electrons. The van der Waals surface area contributed by atoms with E-state index in [1.54, 1.807) is 10.8 Å². The quantitative estimate of drug-likeness (QED) is 0.764. The highest BCUT2D eigenvalue weighted by Gasteiger charge is 2.29. The van der Waals surface area contributed by atoms with Crippen LogP contribution in [0.25, 0.3) is 11.0 Å². The number of aromatic nitrogens is 3. The van der Waals surface area contributed by atoms with E-state index >= 15 is 0 Å². The van der Waals surface area contributed by atoms with Gasteiger partial charge in [-0.15, -0.1) is 0 Å². The largest absolute Gasteiger partial charge is 0.391 e. The third kappa shape index (κ3) is 1.80. The van der Waals surface area contributed by atoms with Crippen molar-refractivity contribution in [2.75, 3.05) is 18.9 Å². The molecule has 0 spiro atoms. The molecular formula is C11H11N5O3. The van der Waals surface area contributed by atoms with Crippen LogP contribution in [0, 0.1) is 11.3 Å². The van der Waals surface area contributed by atoms with Crippen LogP contribution in [0.4, 0.5) is 5.82 Å². The van der Waals surface area contributed by atoms with E-state index in [4.69, 9.17) is 25.6 Å². The fourth-order valence-corrected chi connectivity index (χ4v) is 2.10. The Hall–Kier alpha value is -2.21. The molecular weight excluding hydrogens is 250 g/mol. The average Bonchev–Trinajstić information content (AvgIpc) is 3.02. The van der Waals surface area contributed by atoms with Crippen molar-refractivity contribution in [3.8, 4) is 6.07 Å². The lowest BCUT2D eigenvalue weighted by Gasteiger charge is -2.11. The molecule has 98 valence electrons. The topological polar surface area (TPSA) is 119 Å². The molecule has 3 rings (SSSR count). The van der Waals surface area contributed by atoms with Crippen LogP contribution >= 0.6 is 0 Å². The molecule has 0 amide bonds. The van der Waals surface area contributed by atoms with Crippen LogP contribution in [-0.2, 0) is 9.47 Å². The number of nitrogens with two attached hydrogens (primary N) is 1. The first-order valence-electron chi connectivity index (χ1n) is 5.63. The average molecular weight is 261 g/mol. The number of hydrogen-bond acceptors (Lipinski definition) is 7. The summed E-state index contributed by atoms with van der Waals surface area (Å²) >= 11 is 0. The number of nitriles is 1. The lowest BCUT2D eigenvalue weighted by Crippen LogP contribution is -2.15. The Balaban J connectivity index is 2.10. The monoisotopic (exact) mass is 261 g/mol. The Bertz CT molecular complexity index is 662. The molecule has 1 aliphatic rings. The SMILES string of the molecule is N#Cc1cn([C@H]2CO[C@@H](CO)O2)c2ncnc(N)c12. The number of rotatable bonds is 2. The third-order valence-electron chi connectivity index (χ3n) is 2.95. The van der Waals surface area contributed by atoms with Crippen molar-refractivity contribution >= 4 is 16.9 Å². The van der Waals surface area contributed by atoms with E-state index in [9.17, 15) is 0 Å². The van der Waals surface area contributed by atoms with Gasteiger partial charge < -0.3 is 24.9 Å². The van der Waals surface area contributed by atoms with E-state index in [1.165, 1.54) is 6.33 Å². The van der Waals surface area contributed by atoms with Gasteiger partial charge in [0, 0.05) is 6.20 Å². The van der Waals surface area contributed by atoms with E-state index in [2.05, 4.69) is 16.0 Å². The molecule has 19 heavy (non-hydrogen) atoms. The van der Waals surface area contributed by atoms with Crippen molar-refractivity contribution in [2.24, 2.45) is 0 Å². The van der Waals surface area contributed by atoms with Crippen LogP contribution in [0.3, 0.4) is 0 Å². The van der Waals surface area contributed by atoms with Crippen LogP contribution in [0.1, 0.15) is 11.8 Å². The summed E-state index contributed by atoms with van der Waals surface area (Å²) in [4.78, 5) is 8.01. The molecule has 0 aliphatic carbocycles. The second-order valence-corrected chi connectivity index (χ2v) is 4.06. The zero-order chi connectivity index (χ0) is 13.4. The molecule has 1 saturated heterocycles. The van der Waals surface area contributed by atoms with Crippen LogP contribution < -0.4 is 5.73 Å². The normalized spacial score (nSPS) is 22.7. The zero-order valence-corrected chi connectivity index (χ0v) is 9.85. The summed E-state index contributed by atoms with van der Waals surface area (Å²) in [6.45, 7) is 0.0434. The first kappa shape index (κ1) is 11.9. The second kappa shape index (κ2) is 4.47. The van der Waals surface area contributed by atoms with Crippen LogP contribution in [0.2, 0.25) is 0 Å². The molecule has 3 heterocycles. The van der Waals surface area contributed by atoms with E-state index in [0.717, 1.165) is 0 Å². The van der Waals surface area contributed by atoms with E-state index in [1.807, 2.05) is 0 Å². The van der Waals surface area contributed by atoms with Gasteiger partial charge in [-0.3, -0.25) is 0 Å². The van der Waals surface area contributed by atoms with E-state index in [0.29, 0.717) is 16.6 Å². The minimum absolute atomic E-state index is 0.224. The molecule has 0 aromatic carbocycles. The number of anilines is 1. The minimum Gasteiger partial charge on any atom is -0.391 e. The number of ether oxygens (including phenoxy) is 2. The molecule has 8 nitrogen and oxygen atoms in total. The van der Waals surface area contributed by atoms with E-state index < -0.39 is 12.5 Å². The van der Waals surface area contributed by atoms with E-state index in [-0.39, 0.29) is 19.0 Å². The Kier molecular flexibility index (Phi) is 2.79. The van der Waals surface area contributed by atoms with Crippen LogP contribution in [-0.4, -0.2) is 39.1 Å². The van der Waals surface area contributed by atoms with Crippen molar-refractivity contribution in [2.45, 2.75) is 12.5 Å². The van der Waals surface area contributed by atoms with Crippen molar-refractivity contribution in [3.05, 3.63) is 18.1 Å². The standard InChI is InChI=1S/C11H11N5O3/c12-1-6-2-16(7-4-18-8(3-17)19-7)11-9(6)10(13)14-5-15-11/h2,5,7-8,17H,3-4H2,(H2,13,14,15)/t7-,8-/m1/s1. The van der Waals surface area contributed by atoms with Crippen molar-refractivity contribution in [1.29, 1.82) is 5.26 Å². The van der Waals surface area contributed by atoms with Gasteiger partial charge in [0.05, 0.1) is 24.2 Å². The molecule has 2 aromatic heterocycles. The highest BCUT2D eigenvalue weighted by Crippen LogP contribution is 2.29. The van der Waals surface area contributed by atoms with Crippen molar-refractivity contribution in [3.63, 3.8) is 0 Å². The summed E-state index contributed by atoms with van der Waals surface area (Å²) in [5, 5.41) is 18.6. The number of nitrogens with zero attached hydrogens (tertiary/aromatic N) is 4. The van der Waals surface area contributed by atoms with Gasteiger partial charge in [-0.2, -0.15) is 5.26 Å². The van der Waals surface area contributed by atoms with Crippen LogP contribution in [0.15, 0.2) is 12.5 Å². The number of hydrogen-bond donors (Lipinski definition) is 2. The summed E-state index contributed by atoms with van der Waals surface area (Å²) in [7, 11) is 0. The predicted molar refractivity (Wildman–Crippen MR) is 63.6 cm³/mol. The Morgan fingerprint density at radius 1 is 1.58 bits per heavy atom. The Labute approximate surface area is 108 Å². The number of nitrogen functional groups attached to an aromatic ring is 1. The molecule has 1 fully saturated rings. The summed E-state index contributed by atoms with van der Waals surface area (Å²) < 4.78 is 12.4. The minimum atomic E-state index is -0.660. The van der Waals surface area contributed by atoms with Gasteiger partial charge in [-0.1, -0.05) is 0 Å². The second-order valence-electron chi connectivity index (χ2n) is 4.06. The third-order valence-corrected chi connectivity index (χ3v) is 2.95. The summed E-state index contributed by atoms with van der Waals surface area (Å²) in [6.07, 6.45) is 1.82. The van der Waals surface area contributed by atoms with Crippen molar-refractivity contribution in [1.82, 2.24) is 14.5 Å². The first-order chi connectivity index (χ1) is 9.24. The number of aliphatic hydroxyl groups excluding tert-OH is 1. The highest BCUT2D eigenvalue weighted by molar-refractivity contribution is 5.91. The molecule has 2 atom stereocenters. The van der Waals surface area contributed by atoms with Gasteiger partial charge in [0.15, 0.2) is 12.5 Å². The maximum atomic E-state index is 9.13. The summed E-state index contributed by atoms with van der Waals surface area (Å²) in [6, 6.07) is 2.05. The number of fused-ring (bicyclic) bond motifs is 1.